The van der Waals surface area contributed by atoms with Crippen molar-refractivity contribution in [3.8, 4) is 5.75 Å². The highest BCUT2D eigenvalue weighted by atomic mass is 79.9. The first-order valence-corrected chi connectivity index (χ1v) is 8.45. The number of nitrogens with one attached hydrogen (secondary N) is 1. The van der Waals surface area contributed by atoms with Crippen LogP contribution < -0.4 is 10.1 Å². The van der Waals surface area contributed by atoms with Crippen LogP contribution in [0.25, 0.3) is 0 Å². The lowest BCUT2D eigenvalue weighted by molar-refractivity contribution is 0.191. The van der Waals surface area contributed by atoms with Gasteiger partial charge in [-0.15, -0.1) is 0 Å². The molecule has 20 heavy (non-hydrogen) atoms. The molecule has 2 rings (SSSR count). The van der Waals surface area contributed by atoms with Crippen LogP contribution in [0.4, 0.5) is 0 Å². The number of hydrogen-bond donors (Lipinski definition) is 1. The Hall–Kier alpha value is -0.250. The minimum Gasteiger partial charge on any atom is -0.495 e. The Bertz CT molecular complexity index is 472. The molecule has 1 N–H and O–H groups in total. The summed E-state index contributed by atoms with van der Waals surface area (Å²) in [5.41, 5.74) is 1.48. The molecular weight excluding hydrogens is 338 g/mol. The van der Waals surface area contributed by atoms with E-state index in [4.69, 9.17) is 16.3 Å². The zero-order valence-electron chi connectivity index (χ0n) is 12.4. The Labute approximate surface area is 135 Å². The number of rotatable bonds is 5. The lowest BCUT2D eigenvalue weighted by atomic mass is 9.73. The third-order valence-electron chi connectivity index (χ3n) is 4.76. The van der Waals surface area contributed by atoms with Gasteiger partial charge in [0.25, 0.3) is 0 Å². The van der Waals surface area contributed by atoms with Crippen LogP contribution in [0.15, 0.2) is 16.6 Å². The molecule has 0 saturated heterocycles. The smallest absolute Gasteiger partial charge is 0.137 e. The van der Waals surface area contributed by atoms with Gasteiger partial charge in [0.2, 0.25) is 0 Å². The van der Waals surface area contributed by atoms with Crippen LogP contribution in [0.1, 0.15) is 50.6 Å². The maximum atomic E-state index is 6.26. The summed E-state index contributed by atoms with van der Waals surface area (Å²) in [6.07, 6.45) is 6.34. The topological polar surface area (TPSA) is 21.3 Å². The highest BCUT2D eigenvalue weighted by Crippen LogP contribution is 2.52. The summed E-state index contributed by atoms with van der Waals surface area (Å²) in [5, 5.41) is 4.27. The van der Waals surface area contributed by atoms with E-state index in [1.165, 1.54) is 32.1 Å². The average molecular weight is 361 g/mol. The van der Waals surface area contributed by atoms with Gasteiger partial charge in [0.1, 0.15) is 5.75 Å². The van der Waals surface area contributed by atoms with E-state index in [2.05, 4.69) is 28.2 Å². The fourth-order valence-electron chi connectivity index (χ4n) is 3.73. The number of methoxy groups -OCH3 is 1. The fourth-order valence-corrected chi connectivity index (χ4v) is 4.72. The number of hydrogen-bond acceptors (Lipinski definition) is 2. The molecule has 1 unspecified atom stereocenters. The van der Waals surface area contributed by atoms with E-state index in [1.54, 1.807) is 7.11 Å². The zero-order chi connectivity index (χ0) is 14.8. The van der Waals surface area contributed by atoms with Crippen molar-refractivity contribution in [2.24, 2.45) is 5.41 Å². The van der Waals surface area contributed by atoms with Crippen molar-refractivity contribution in [1.29, 1.82) is 0 Å². The third-order valence-corrected chi connectivity index (χ3v) is 5.56. The summed E-state index contributed by atoms with van der Waals surface area (Å²) in [5.74, 6) is 0.897. The molecule has 4 heteroatoms. The largest absolute Gasteiger partial charge is 0.495 e. The first kappa shape index (κ1) is 16.1. The van der Waals surface area contributed by atoms with Crippen LogP contribution in [-0.2, 0) is 0 Å². The second-order valence-corrected chi connectivity index (χ2v) is 6.95. The Balaban J connectivity index is 2.51. The molecule has 1 aliphatic rings. The van der Waals surface area contributed by atoms with Gasteiger partial charge in [-0.3, -0.25) is 0 Å². The monoisotopic (exact) mass is 359 g/mol. The second kappa shape index (κ2) is 6.67. The molecule has 1 aromatic carbocycles. The molecule has 0 heterocycles. The van der Waals surface area contributed by atoms with Crippen LogP contribution in [0.3, 0.4) is 0 Å². The van der Waals surface area contributed by atoms with Crippen LogP contribution >= 0.6 is 27.5 Å². The van der Waals surface area contributed by atoms with Crippen molar-refractivity contribution in [1.82, 2.24) is 5.32 Å². The molecule has 0 aliphatic heterocycles. The van der Waals surface area contributed by atoms with Gasteiger partial charge in [-0.25, -0.2) is 0 Å². The van der Waals surface area contributed by atoms with Crippen LogP contribution in [-0.4, -0.2) is 14.2 Å². The molecule has 1 aromatic rings. The predicted octanol–water partition coefficient (Wildman–Crippen LogP) is 5.34. The standard InChI is InChI=1S/C16H23BrClNO/c1-4-16(7-5-6-8-16)15(19-2)12-9-11(18)10-13(17)14(12)20-3/h9-10,15,19H,4-8H2,1-3H3. The zero-order valence-corrected chi connectivity index (χ0v) is 14.8. The van der Waals surface area contributed by atoms with Gasteiger partial charge in [0, 0.05) is 16.6 Å². The highest BCUT2D eigenvalue weighted by molar-refractivity contribution is 9.10. The molecular formula is C16H23BrClNO. The predicted molar refractivity (Wildman–Crippen MR) is 88.7 cm³/mol. The van der Waals surface area contributed by atoms with Crippen molar-refractivity contribution in [2.75, 3.05) is 14.2 Å². The molecule has 1 aliphatic carbocycles. The van der Waals surface area contributed by atoms with Crippen molar-refractivity contribution < 1.29 is 4.74 Å². The Morgan fingerprint density at radius 1 is 1.40 bits per heavy atom. The van der Waals surface area contributed by atoms with Gasteiger partial charge in [-0.1, -0.05) is 31.4 Å². The van der Waals surface area contributed by atoms with Gasteiger partial charge in [0.15, 0.2) is 0 Å². The molecule has 1 saturated carbocycles. The molecule has 0 aromatic heterocycles. The van der Waals surface area contributed by atoms with Crippen molar-refractivity contribution >= 4 is 27.5 Å². The van der Waals surface area contributed by atoms with E-state index in [0.29, 0.717) is 5.41 Å². The highest BCUT2D eigenvalue weighted by Gasteiger charge is 2.41. The van der Waals surface area contributed by atoms with Crippen molar-refractivity contribution in [3.63, 3.8) is 0 Å². The molecule has 0 radical (unpaired) electrons. The van der Waals surface area contributed by atoms with E-state index in [-0.39, 0.29) is 6.04 Å². The lowest BCUT2D eigenvalue weighted by Gasteiger charge is -2.38. The van der Waals surface area contributed by atoms with Gasteiger partial charge in [-0.2, -0.15) is 0 Å². The van der Waals surface area contributed by atoms with E-state index < -0.39 is 0 Å². The summed E-state index contributed by atoms with van der Waals surface area (Å²) < 4.78 is 6.54. The first-order valence-electron chi connectivity index (χ1n) is 7.28. The van der Waals surface area contributed by atoms with Gasteiger partial charge in [-0.05, 0) is 59.8 Å². The minimum absolute atomic E-state index is 0.278. The van der Waals surface area contributed by atoms with Gasteiger partial charge < -0.3 is 10.1 Å². The maximum Gasteiger partial charge on any atom is 0.137 e. The number of halogens is 2. The van der Waals surface area contributed by atoms with Gasteiger partial charge >= 0.3 is 0 Å². The molecule has 1 atom stereocenters. The number of benzene rings is 1. The van der Waals surface area contributed by atoms with Crippen molar-refractivity contribution in [2.45, 2.75) is 45.1 Å². The molecule has 0 bridgehead atoms. The molecule has 0 spiro atoms. The summed E-state index contributed by atoms with van der Waals surface area (Å²) in [4.78, 5) is 0. The molecule has 0 amide bonds. The van der Waals surface area contributed by atoms with Crippen LogP contribution in [0, 0.1) is 5.41 Å². The lowest BCUT2D eigenvalue weighted by Crippen LogP contribution is -2.34. The van der Waals surface area contributed by atoms with E-state index in [9.17, 15) is 0 Å². The summed E-state index contributed by atoms with van der Waals surface area (Å²) in [6, 6.07) is 4.21. The molecule has 2 nitrogen and oxygen atoms in total. The third kappa shape index (κ3) is 2.86. The number of ether oxygens (including phenoxy) is 1. The fraction of sp³-hybridized carbons (Fsp3) is 0.625. The summed E-state index contributed by atoms with van der Waals surface area (Å²) in [7, 11) is 3.76. The first-order chi connectivity index (χ1) is 9.57. The molecule has 112 valence electrons. The van der Waals surface area contributed by atoms with E-state index in [1.807, 2.05) is 19.2 Å². The van der Waals surface area contributed by atoms with Crippen molar-refractivity contribution in [3.05, 3.63) is 27.2 Å². The maximum absolute atomic E-state index is 6.26. The second-order valence-electron chi connectivity index (χ2n) is 5.65. The van der Waals surface area contributed by atoms with E-state index >= 15 is 0 Å². The Kier molecular flexibility index (Phi) is 5.38. The summed E-state index contributed by atoms with van der Waals surface area (Å²) >= 11 is 9.83. The SMILES string of the molecule is CCC1(C(NC)c2cc(Cl)cc(Br)c2OC)CCCC1. The van der Waals surface area contributed by atoms with Crippen LogP contribution in [0.5, 0.6) is 5.75 Å². The Morgan fingerprint density at radius 2 is 2.05 bits per heavy atom. The van der Waals surface area contributed by atoms with Gasteiger partial charge in [0.05, 0.1) is 11.6 Å². The average Bonchev–Trinajstić information content (AvgIpc) is 2.89. The minimum atomic E-state index is 0.278. The molecule has 1 fully saturated rings. The normalized spacial score (nSPS) is 19.1. The quantitative estimate of drug-likeness (QED) is 0.765. The Morgan fingerprint density at radius 3 is 2.55 bits per heavy atom. The van der Waals surface area contributed by atoms with Crippen LogP contribution in [0.2, 0.25) is 5.02 Å². The van der Waals surface area contributed by atoms with E-state index in [0.717, 1.165) is 20.8 Å². The summed E-state index contributed by atoms with van der Waals surface area (Å²) in [6.45, 7) is 2.29.